The summed E-state index contributed by atoms with van der Waals surface area (Å²) in [5.41, 5.74) is 1.15. The van der Waals surface area contributed by atoms with Crippen molar-refractivity contribution in [1.82, 2.24) is 24.8 Å². The van der Waals surface area contributed by atoms with Crippen LogP contribution in [0.3, 0.4) is 0 Å². The molecule has 0 bridgehead atoms. The molecule has 1 N–H and O–H groups in total. The zero-order valence-corrected chi connectivity index (χ0v) is 10.5. The van der Waals surface area contributed by atoms with Crippen LogP contribution >= 0.6 is 0 Å². The fourth-order valence-corrected chi connectivity index (χ4v) is 1.79. The highest BCUT2D eigenvalue weighted by molar-refractivity contribution is 5.92. The van der Waals surface area contributed by atoms with E-state index in [0.29, 0.717) is 23.9 Å². The van der Waals surface area contributed by atoms with Gasteiger partial charge >= 0.3 is 5.97 Å². The lowest BCUT2D eigenvalue weighted by Crippen LogP contribution is -2.11. The number of aromatic carboxylic acids is 1. The highest BCUT2D eigenvalue weighted by atomic mass is 16.4. The van der Waals surface area contributed by atoms with Gasteiger partial charge in [0.25, 0.3) is 0 Å². The molecular weight excluding hydrogens is 234 g/mol. The van der Waals surface area contributed by atoms with Crippen LogP contribution in [0.1, 0.15) is 24.3 Å². The summed E-state index contributed by atoms with van der Waals surface area (Å²) in [5, 5.41) is 20.9. The van der Waals surface area contributed by atoms with E-state index in [-0.39, 0.29) is 5.69 Å². The summed E-state index contributed by atoms with van der Waals surface area (Å²) in [6.45, 7) is 4.69. The standard InChI is InChI=1S/C11H15N5O2/c1-7(2)6-16-10(8-4-5-12-15(8)3)9(11(17)18)13-14-16/h4-5,7H,6H2,1-3H3,(H,17,18). The Kier molecular flexibility index (Phi) is 3.14. The van der Waals surface area contributed by atoms with E-state index in [0.717, 1.165) is 0 Å². The summed E-state index contributed by atoms with van der Waals surface area (Å²) in [7, 11) is 1.76. The van der Waals surface area contributed by atoms with E-state index < -0.39 is 5.97 Å². The van der Waals surface area contributed by atoms with E-state index in [4.69, 9.17) is 5.11 Å². The van der Waals surface area contributed by atoms with E-state index in [9.17, 15) is 4.79 Å². The first-order valence-electron chi connectivity index (χ1n) is 5.66. The zero-order valence-electron chi connectivity index (χ0n) is 10.5. The fourth-order valence-electron chi connectivity index (χ4n) is 1.79. The van der Waals surface area contributed by atoms with Crippen molar-refractivity contribution in [2.45, 2.75) is 20.4 Å². The molecule has 0 atom stereocenters. The Morgan fingerprint density at radius 1 is 1.50 bits per heavy atom. The van der Waals surface area contributed by atoms with Crippen molar-refractivity contribution in [3.05, 3.63) is 18.0 Å². The van der Waals surface area contributed by atoms with Gasteiger partial charge in [-0.05, 0) is 12.0 Å². The normalized spacial score (nSPS) is 11.1. The zero-order chi connectivity index (χ0) is 13.3. The van der Waals surface area contributed by atoms with Gasteiger partial charge in [0.15, 0.2) is 5.69 Å². The maximum absolute atomic E-state index is 11.2. The first kappa shape index (κ1) is 12.3. The first-order valence-corrected chi connectivity index (χ1v) is 5.66. The number of aryl methyl sites for hydroxylation is 1. The summed E-state index contributed by atoms with van der Waals surface area (Å²) in [6, 6.07) is 1.75. The average molecular weight is 249 g/mol. The fraction of sp³-hybridized carbons (Fsp3) is 0.455. The number of carboxylic acid groups (broad SMARTS) is 1. The minimum Gasteiger partial charge on any atom is -0.476 e. The molecule has 0 fully saturated rings. The Bertz CT molecular complexity index is 570. The number of carbonyl (C=O) groups is 1. The summed E-state index contributed by atoms with van der Waals surface area (Å²) in [5.74, 6) is -0.735. The van der Waals surface area contributed by atoms with Gasteiger partial charge in [-0.25, -0.2) is 9.48 Å². The SMILES string of the molecule is CC(C)Cn1nnc(C(=O)O)c1-c1ccnn1C. The van der Waals surface area contributed by atoms with E-state index in [1.807, 2.05) is 13.8 Å². The van der Waals surface area contributed by atoms with Crippen molar-refractivity contribution in [2.75, 3.05) is 0 Å². The number of hydrogen-bond donors (Lipinski definition) is 1. The molecule has 0 saturated heterocycles. The highest BCUT2D eigenvalue weighted by Crippen LogP contribution is 2.22. The Balaban J connectivity index is 2.57. The molecule has 7 nitrogen and oxygen atoms in total. The summed E-state index contributed by atoms with van der Waals surface area (Å²) >= 11 is 0. The second kappa shape index (κ2) is 4.59. The van der Waals surface area contributed by atoms with Gasteiger partial charge < -0.3 is 5.11 Å². The Morgan fingerprint density at radius 3 is 2.72 bits per heavy atom. The smallest absolute Gasteiger partial charge is 0.358 e. The third-order valence-electron chi connectivity index (χ3n) is 2.54. The predicted molar refractivity (Wildman–Crippen MR) is 64.0 cm³/mol. The van der Waals surface area contributed by atoms with Gasteiger partial charge in [-0.3, -0.25) is 4.68 Å². The van der Waals surface area contributed by atoms with Crippen molar-refractivity contribution in [1.29, 1.82) is 0 Å². The van der Waals surface area contributed by atoms with Gasteiger partial charge in [-0.15, -0.1) is 5.10 Å². The molecule has 0 unspecified atom stereocenters. The largest absolute Gasteiger partial charge is 0.476 e. The van der Waals surface area contributed by atoms with Gasteiger partial charge in [-0.1, -0.05) is 19.1 Å². The molecule has 18 heavy (non-hydrogen) atoms. The van der Waals surface area contributed by atoms with E-state index in [1.165, 1.54) is 0 Å². The molecule has 2 aromatic heterocycles. The predicted octanol–water partition coefficient (Wildman–Crippen LogP) is 1.03. The molecule has 0 aliphatic heterocycles. The van der Waals surface area contributed by atoms with Gasteiger partial charge in [0.1, 0.15) is 5.69 Å². The molecule has 2 rings (SSSR count). The number of aromatic nitrogens is 5. The van der Waals surface area contributed by atoms with Gasteiger partial charge in [0.05, 0.1) is 5.69 Å². The number of rotatable bonds is 4. The minimum absolute atomic E-state index is 0.0424. The van der Waals surface area contributed by atoms with Gasteiger partial charge in [0, 0.05) is 19.8 Å². The monoisotopic (exact) mass is 249 g/mol. The second-order valence-corrected chi connectivity index (χ2v) is 4.51. The quantitative estimate of drug-likeness (QED) is 0.874. The van der Waals surface area contributed by atoms with Crippen molar-refractivity contribution < 1.29 is 9.90 Å². The lowest BCUT2D eigenvalue weighted by atomic mass is 10.2. The molecule has 2 heterocycles. The van der Waals surface area contributed by atoms with Gasteiger partial charge in [0.2, 0.25) is 0 Å². The molecule has 0 aliphatic carbocycles. The molecule has 96 valence electrons. The van der Waals surface area contributed by atoms with Crippen LogP contribution in [0.15, 0.2) is 12.3 Å². The highest BCUT2D eigenvalue weighted by Gasteiger charge is 2.22. The molecule has 0 aromatic carbocycles. The van der Waals surface area contributed by atoms with Crippen LogP contribution in [0.2, 0.25) is 0 Å². The number of nitrogens with zero attached hydrogens (tertiary/aromatic N) is 5. The maximum Gasteiger partial charge on any atom is 0.358 e. The topological polar surface area (TPSA) is 85.8 Å². The lowest BCUT2D eigenvalue weighted by Gasteiger charge is -2.09. The Labute approximate surface area is 104 Å². The summed E-state index contributed by atoms with van der Waals surface area (Å²) in [4.78, 5) is 11.2. The van der Waals surface area contributed by atoms with Crippen LogP contribution in [-0.4, -0.2) is 35.9 Å². The average Bonchev–Trinajstić information content (AvgIpc) is 2.83. The third kappa shape index (κ3) is 2.11. The Morgan fingerprint density at radius 2 is 2.22 bits per heavy atom. The first-order chi connectivity index (χ1) is 8.50. The summed E-state index contributed by atoms with van der Waals surface area (Å²) in [6.07, 6.45) is 1.62. The molecule has 7 heteroatoms. The molecule has 0 amide bonds. The van der Waals surface area contributed by atoms with Crippen LogP contribution < -0.4 is 0 Å². The second-order valence-electron chi connectivity index (χ2n) is 4.51. The molecule has 0 saturated carbocycles. The van der Waals surface area contributed by atoms with Crippen LogP contribution in [-0.2, 0) is 13.6 Å². The lowest BCUT2D eigenvalue weighted by molar-refractivity contribution is 0.0691. The van der Waals surface area contributed by atoms with Crippen LogP contribution in [0, 0.1) is 5.92 Å². The molecule has 0 spiro atoms. The maximum atomic E-state index is 11.2. The number of carboxylic acids is 1. The van der Waals surface area contributed by atoms with Crippen molar-refractivity contribution in [3.63, 3.8) is 0 Å². The van der Waals surface area contributed by atoms with Crippen molar-refractivity contribution in [2.24, 2.45) is 13.0 Å². The van der Waals surface area contributed by atoms with Gasteiger partial charge in [-0.2, -0.15) is 5.10 Å². The van der Waals surface area contributed by atoms with Crippen LogP contribution in [0.4, 0.5) is 0 Å². The minimum atomic E-state index is -1.08. The van der Waals surface area contributed by atoms with E-state index >= 15 is 0 Å². The molecule has 0 aliphatic rings. The number of hydrogen-bond acceptors (Lipinski definition) is 4. The summed E-state index contributed by atoms with van der Waals surface area (Å²) < 4.78 is 3.23. The third-order valence-corrected chi connectivity index (χ3v) is 2.54. The van der Waals surface area contributed by atoms with Crippen molar-refractivity contribution in [3.8, 4) is 11.4 Å². The van der Waals surface area contributed by atoms with Crippen LogP contribution in [0.5, 0.6) is 0 Å². The van der Waals surface area contributed by atoms with Crippen molar-refractivity contribution >= 4 is 5.97 Å². The molecule has 2 aromatic rings. The van der Waals surface area contributed by atoms with Crippen LogP contribution in [0.25, 0.3) is 11.4 Å². The Hall–Kier alpha value is -2.18. The van der Waals surface area contributed by atoms with E-state index in [1.54, 1.807) is 28.7 Å². The van der Waals surface area contributed by atoms with E-state index in [2.05, 4.69) is 15.4 Å². The molecular formula is C11H15N5O2. The molecule has 0 radical (unpaired) electrons.